The Morgan fingerprint density at radius 3 is 1.64 bits per heavy atom. The number of aromatic nitrogens is 5. The van der Waals surface area contributed by atoms with Gasteiger partial charge in [-0.1, -0.05) is 153 Å². The third kappa shape index (κ3) is 5.98. The van der Waals surface area contributed by atoms with Gasteiger partial charge in [0.05, 0.1) is 11.2 Å². The van der Waals surface area contributed by atoms with Gasteiger partial charge in [0, 0.05) is 50.8 Å². The number of nitrogens with zero attached hydrogens (tertiary/aromatic N) is 5. The molecule has 0 spiro atoms. The molecule has 0 atom stereocenters. The van der Waals surface area contributed by atoms with Crippen LogP contribution in [0, 0.1) is 0 Å². The Bertz CT molecular complexity index is 3170. The molecule has 1 aliphatic carbocycles. The van der Waals surface area contributed by atoms with Crippen LogP contribution in [-0.2, 0) is 5.41 Å². The average molecular weight is 756 g/mol. The van der Waals surface area contributed by atoms with Gasteiger partial charge in [-0.25, -0.2) is 19.9 Å². The van der Waals surface area contributed by atoms with Crippen LogP contribution in [0.3, 0.4) is 0 Å². The van der Waals surface area contributed by atoms with Crippen molar-refractivity contribution in [2.45, 2.75) is 19.3 Å². The first-order chi connectivity index (χ1) is 29.0. The fraction of sp³-hybridized carbons (Fsp3) is 0.0556. The van der Waals surface area contributed by atoms with Crippen molar-refractivity contribution < 1.29 is 0 Å². The zero-order chi connectivity index (χ0) is 39.5. The molecule has 0 radical (unpaired) electrons. The van der Waals surface area contributed by atoms with Crippen molar-refractivity contribution in [2.24, 2.45) is 0 Å². The molecule has 3 heterocycles. The van der Waals surface area contributed by atoms with Crippen LogP contribution in [0.15, 0.2) is 188 Å². The Morgan fingerprint density at radius 2 is 0.915 bits per heavy atom. The number of rotatable bonds is 6. The average Bonchev–Trinajstić information content (AvgIpc) is 3.54. The monoisotopic (exact) mass is 755 g/mol. The number of hydrogen-bond donors (Lipinski definition) is 0. The second-order valence-electron chi connectivity index (χ2n) is 15.7. The van der Waals surface area contributed by atoms with E-state index in [4.69, 9.17) is 19.9 Å². The van der Waals surface area contributed by atoms with E-state index in [1.54, 1.807) is 0 Å². The molecule has 0 N–H and O–H groups in total. The summed E-state index contributed by atoms with van der Waals surface area (Å²) in [5, 5.41) is 3.30. The molecule has 0 saturated heterocycles. The normalized spacial score (nSPS) is 12.7. The van der Waals surface area contributed by atoms with E-state index in [2.05, 4.69) is 128 Å². The molecule has 0 saturated carbocycles. The Kier molecular flexibility index (Phi) is 8.09. The van der Waals surface area contributed by atoms with Crippen LogP contribution in [0.1, 0.15) is 25.0 Å². The molecule has 0 amide bonds. The van der Waals surface area contributed by atoms with Crippen molar-refractivity contribution in [1.82, 2.24) is 24.9 Å². The molecular formula is C54H37N5. The maximum Gasteiger partial charge on any atom is 0.164 e. The number of fused-ring (bicyclic) bond motifs is 6. The molecular weight excluding hydrogens is 719 g/mol. The summed E-state index contributed by atoms with van der Waals surface area (Å²) < 4.78 is 0. The van der Waals surface area contributed by atoms with Crippen molar-refractivity contribution in [1.29, 1.82) is 0 Å². The predicted molar refractivity (Wildman–Crippen MR) is 241 cm³/mol. The van der Waals surface area contributed by atoms with E-state index in [1.165, 1.54) is 22.3 Å². The number of benzene rings is 7. The van der Waals surface area contributed by atoms with E-state index in [-0.39, 0.29) is 5.41 Å². The number of pyridine rings is 2. The van der Waals surface area contributed by atoms with Gasteiger partial charge < -0.3 is 0 Å². The molecule has 10 aromatic rings. The highest BCUT2D eigenvalue weighted by Crippen LogP contribution is 2.50. The van der Waals surface area contributed by atoms with Crippen LogP contribution >= 0.6 is 0 Å². The maximum atomic E-state index is 5.15. The van der Waals surface area contributed by atoms with Gasteiger partial charge in [-0.2, -0.15) is 0 Å². The zero-order valence-electron chi connectivity index (χ0n) is 32.6. The Hall–Kier alpha value is -7.63. The highest BCUT2D eigenvalue weighted by molar-refractivity contribution is 6.10. The van der Waals surface area contributed by atoms with Gasteiger partial charge in [0.2, 0.25) is 0 Å². The van der Waals surface area contributed by atoms with Gasteiger partial charge in [0.25, 0.3) is 0 Å². The first kappa shape index (κ1) is 34.6. The van der Waals surface area contributed by atoms with Crippen molar-refractivity contribution in [2.75, 3.05) is 0 Å². The summed E-state index contributed by atoms with van der Waals surface area (Å²) in [7, 11) is 0. The second kappa shape index (κ2) is 13.8. The molecule has 59 heavy (non-hydrogen) atoms. The molecule has 11 rings (SSSR count). The number of hydrogen-bond acceptors (Lipinski definition) is 5. The topological polar surface area (TPSA) is 64.5 Å². The molecule has 0 fully saturated rings. The molecule has 0 bridgehead atoms. The van der Waals surface area contributed by atoms with Gasteiger partial charge >= 0.3 is 0 Å². The summed E-state index contributed by atoms with van der Waals surface area (Å²) >= 11 is 0. The van der Waals surface area contributed by atoms with Crippen molar-refractivity contribution in [3.63, 3.8) is 0 Å². The first-order valence-corrected chi connectivity index (χ1v) is 20.0. The van der Waals surface area contributed by atoms with E-state index in [0.717, 1.165) is 71.9 Å². The lowest BCUT2D eigenvalue weighted by molar-refractivity contribution is 0.660. The summed E-state index contributed by atoms with van der Waals surface area (Å²) in [5.74, 6) is 1.88. The van der Waals surface area contributed by atoms with Gasteiger partial charge in [-0.15, -0.1) is 0 Å². The van der Waals surface area contributed by atoms with Crippen LogP contribution in [0.5, 0.6) is 0 Å². The van der Waals surface area contributed by atoms with Crippen LogP contribution in [-0.4, -0.2) is 24.9 Å². The van der Waals surface area contributed by atoms with E-state index < -0.39 is 0 Å². The van der Waals surface area contributed by atoms with E-state index in [1.807, 2.05) is 79.1 Å². The summed E-state index contributed by atoms with van der Waals surface area (Å²) in [6, 6.07) is 61.8. The summed E-state index contributed by atoms with van der Waals surface area (Å²) in [4.78, 5) is 24.9. The van der Waals surface area contributed by atoms with E-state index in [0.29, 0.717) is 17.5 Å². The molecule has 5 heteroatoms. The second-order valence-corrected chi connectivity index (χ2v) is 15.7. The van der Waals surface area contributed by atoms with Crippen LogP contribution in [0.25, 0.3) is 100 Å². The minimum Gasteiger partial charge on any atom is -0.264 e. The highest BCUT2D eigenvalue weighted by atomic mass is 15.0. The third-order valence-electron chi connectivity index (χ3n) is 11.8. The van der Waals surface area contributed by atoms with Gasteiger partial charge in [0.15, 0.2) is 17.5 Å². The Balaban J connectivity index is 1.09. The largest absolute Gasteiger partial charge is 0.264 e. The Labute approximate surface area is 342 Å². The third-order valence-corrected chi connectivity index (χ3v) is 11.8. The van der Waals surface area contributed by atoms with Crippen LogP contribution in [0.2, 0.25) is 0 Å². The number of para-hydroxylation sites is 1. The molecule has 1 aliphatic rings. The minimum atomic E-state index is -0.0763. The van der Waals surface area contributed by atoms with E-state index >= 15 is 0 Å². The zero-order valence-corrected chi connectivity index (χ0v) is 32.6. The molecule has 0 aliphatic heterocycles. The van der Waals surface area contributed by atoms with E-state index in [9.17, 15) is 0 Å². The molecule has 0 unspecified atom stereocenters. The summed E-state index contributed by atoms with van der Waals surface area (Å²) in [6.07, 6.45) is 3.77. The van der Waals surface area contributed by atoms with Gasteiger partial charge in [0.1, 0.15) is 0 Å². The maximum absolute atomic E-state index is 5.15. The van der Waals surface area contributed by atoms with Crippen LogP contribution < -0.4 is 0 Å². The lowest BCUT2D eigenvalue weighted by Crippen LogP contribution is -2.14. The summed E-state index contributed by atoms with van der Waals surface area (Å²) in [5.41, 5.74) is 15.3. The summed E-state index contributed by atoms with van der Waals surface area (Å²) in [6.45, 7) is 4.64. The quantitative estimate of drug-likeness (QED) is 0.158. The fourth-order valence-electron chi connectivity index (χ4n) is 8.77. The molecule has 3 aromatic heterocycles. The van der Waals surface area contributed by atoms with Crippen molar-refractivity contribution in [3.8, 4) is 78.8 Å². The standard InChI is InChI=1S/C54H37N5/c1-54(2)47-19-11-9-17-43(47)45-32-38(25-26-48(45)54)40-29-39(34-21-23-35(24-22-34)50-46-33-55-28-27-42(46)44-18-10-12-20-49(44)56-50)30-41(31-40)53-58-51(36-13-5-3-6-14-36)57-52(59-53)37-15-7-4-8-16-37/h3-33H,1-2H3. The van der Waals surface area contributed by atoms with Gasteiger partial charge in [-0.05, 0) is 86.3 Å². The smallest absolute Gasteiger partial charge is 0.164 e. The minimum absolute atomic E-state index is 0.0763. The SMILES string of the molecule is CC1(C)c2ccccc2-c2cc(-c3cc(-c4ccc(-c5nc6ccccc6c6ccncc56)cc4)cc(-c4nc(-c5ccccc5)nc(-c5ccccc5)n4)c3)ccc21. The van der Waals surface area contributed by atoms with Crippen molar-refractivity contribution >= 4 is 21.7 Å². The molecule has 7 aromatic carbocycles. The lowest BCUT2D eigenvalue weighted by atomic mass is 9.82. The fourth-order valence-corrected chi connectivity index (χ4v) is 8.77. The lowest BCUT2D eigenvalue weighted by Gasteiger charge is -2.21. The molecule has 278 valence electrons. The Morgan fingerprint density at radius 1 is 0.356 bits per heavy atom. The van der Waals surface area contributed by atoms with Crippen LogP contribution in [0.4, 0.5) is 0 Å². The molecule has 5 nitrogen and oxygen atoms in total. The highest BCUT2D eigenvalue weighted by Gasteiger charge is 2.35. The van der Waals surface area contributed by atoms with Gasteiger partial charge in [-0.3, -0.25) is 4.98 Å². The van der Waals surface area contributed by atoms with Crippen molar-refractivity contribution in [3.05, 3.63) is 199 Å². The predicted octanol–water partition coefficient (Wildman–Crippen LogP) is 13.3. The first-order valence-electron chi connectivity index (χ1n) is 20.0.